The Morgan fingerprint density at radius 2 is 1.83 bits per heavy atom. The zero-order valence-corrected chi connectivity index (χ0v) is 13.8. The molecule has 0 aliphatic carbocycles. The van der Waals surface area contributed by atoms with Crippen LogP contribution in [0, 0.1) is 0 Å². The van der Waals surface area contributed by atoms with E-state index in [1.807, 2.05) is 13.0 Å². The van der Waals surface area contributed by atoms with Gasteiger partial charge in [-0.15, -0.1) is 0 Å². The third kappa shape index (κ3) is 4.52. The van der Waals surface area contributed by atoms with Gasteiger partial charge in [-0.1, -0.05) is 19.1 Å². The molecule has 0 aliphatic heterocycles. The van der Waals surface area contributed by atoms with Gasteiger partial charge in [-0.05, 0) is 37.6 Å². The second-order valence-electron chi connectivity index (χ2n) is 5.01. The summed E-state index contributed by atoms with van der Waals surface area (Å²) >= 11 is 0. The Morgan fingerprint density at radius 3 is 2.50 bits per heavy atom. The van der Waals surface area contributed by atoms with Crippen molar-refractivity contribution < 1.29 is 14.3 Å². The van der Waals surface area contributed by atoms with Crippen molar-refractivity contribution in [3.63, 3.8) is 0 Å². The van der Waals surface area contributed by atoms with E-state index >= 15 is 0 Å². The molecule has 2 aromatic rings. The molecule has 0 unspecified atom stereocenters. The molecule has 1 heterocycles. The normalized spacial score (nSPS) is 11.0. The number of allylic oxidation sites excluding steroid dienone is 2. The Hall–Kier alpha value is -2.95. The second kappa shape index (κ2) is 8.62. The molecular weight excluding hydrogens is 304 g/mol. The van der Waals surface area contributed by atoms with Crippen molar-refractivity contribution in [2.24, 2.45) is 0 Å². The molecule has 0 saturated carbocycles. The third-order valence-corrected chi connectivity index (χ3v) is 3.37. The summed E-state index contributed by atoms with van der Waals surface area (Å²) in [6.45, 7) is 4.01. The number of esters is 1. The van der Waals surface area contributed by atoms with E-state index in [2.05, 4.69) is 10.3 Å². The molecule has 0 saturated heterocycles. The van der Waals surface area contributed by atoms with E-state index < -0.39 is 5.97 Å². The van der Waals surface area contributed by atoms with E-state index in [0.29, 0.717) is 35.5 Å². The van der Waals surface area contributed by atoms with Crippen molar-refractivity contribution in [1.29, 1.82) is 0 Å². The smallest absolute Gasteiger partial charge is 0.340 e. The molecule has 1 aromatic heterocycles. The van der Waals surface area contributed by atoms with Crippen molar-refractivity contribution in [3.8, 4) is 0 Å². The van der Waals surface area contributed by atoms with Crippen molar-refractivity contribution in [1.82, 2.24) is 4.98 Å². The van der Waals surface area contributed by atoms with Crippen LogP contribution in [-0.4, -0.2) is 23.3 Å². The van der Waals surface area contributed by atoms with Gasteiger partial charge in [0, 0.05) is 29.7 Å². The highest BCUT2D eigenvalue weighted by atomic mass is 16.5. The van der Waals surface area contributed by atoms with Crippen LogP contribution in [0.2, 0.25) is 0 Å². The molecule has 0 bridgehead atoms. The zero-order chi connectivity index (χ0) is 17.4. The molecule has 0 spiro atoms. The number of rotatable bonds is 7. The summed E-state index contributed by atoms with van der Waals surface area (Å²) < 4.78 is 5.06. The minimum Gasteiger partial charge on any atom is -0.462 e. The molecule has 0 fully saturated rings. The number of carbonyl (C=O) groups is 2. The Balaban J connectivity index is 2.23. The lowest BCUT2D eigenvalue weighted by atomic mass is 10.1. The first-order chi connectivity index (χ1) is 11.7. The maximum absolute atomic E-state index is 12.3. The van der Waals surface area contributed by atoms with Crippen LogP contribution in [0.5, 0.6) is 0 Å². The molecule has 124 valence electrons. The Labute approximate surface area is 141 Å². The molecule has 1 aromatic carbocycles. The fraction of sp³-hybridized carbons (Fsp3) is 0.211. The van der Waals surface area contributed by atoms with Gasteiger partial charge in [0.25, 0.3) is 0 Å². The standard InChI is InChI=1S/C19H20N2O3/c1-3-15(13-18(22)14-9-11-20-12-10-14)21-17-8-6-5-7-16(17)19(23)24-4-2/h5-13,21H,3-4H2,1-2H3/b15-13-. The maximum atomic E-state index is 12.3. The van der Waals surface area contributed by atoms with E-state index in [9.17, 15) is 9.59 Å². The fourth-order valence-corrected chi connectivity index (χ4v) is 2.14. The van der Waals surface area contributed by atoms with Crippen LogP contribution in [-0.2, 0) is 4.74 Å². The fourth-order valence-electron chi connectivity index (χ4n) is 2.14. The quantitative estimate of drug-likeness (QED) is 0.476. The first-order valence-corrected chi connectivity index (χ1v) is 7.83. The molecule has 2 rings (SSSR count). The number of benzene rings is 1. The van der Waals surface area contributed by atoms with Gasteiger partial charge >= 0.3 is 5.97 Å². The number of carbonyl (C=O) groups excluding carboxylic acids is 2. The minimum absolute atomic E-state index is 0.115. The van der Waals surface area contributed by atoms with Gasteiger partial charge in [0.1, 0.15) is 0 Å². The largest absolute Gasteiger partial charge is 0.462 e. The number of ether oxygens (including phenoxy) is 1. The number of ketones is 1. The molecule has 0 aliphatic rings. The predicted octanol–water partition coefficient (Wildman–Crippen LogP) is 3.85. The van der Waals surface area contributed by atoms with Crippen molar-refractivity contribution in [2.45, 2.75) is 20.3 Å². The number of hydrogen-bond acceptors (Lipinski definition) is 5. The molecule has 0 amide bonds. The summed E-state index contributed by atoms with van der Waals surface area (Å²) in [5.74, 6) is -0.508. The number of nitrogens with one attached hydrogen (secondary N) is 1. The Morgan fingerprint density at radius 1 is 1.12 bits per heavy atom. The van der Waals surface area contributed by atoms with E-state index in [1.54, 1.807) is 49.6 Å². The highest BCUT2D eigenvalue weighted by Crippen LogP contribution is 2.19. The average molecular weight is 324 g/mol. The van der Waals surface area contributed by atoms with E-state index in [-0.39, 0.29) is 5.78 Å². The van der Waals surface area contributed by atoms with Crippen LogP contribution >= 0.6 is 0 Å². The number of hydrogen-bond donors (Lipinski definition) is 1. The molecule has 1 N–H and O–H groups in total. The van der Waals surface area contributed by atoms with E-state index in [0.717, 1.165) is 0 Å². The van der Waals surface area contributed by atoms with Gasteiger partial charge in [-0.2, -0.15) is 0 Å². The monoisotopic (exact) mass is 324 g/mol. The van der Waals surface area contributed by atoms with Gasteiger partial charge in [0.15, 0.2) is 5.78 Å². The highest BCUT2D eigenvalue weighted by Gasteiger charge is 2.13. The van der Waals surface area contributed by atoms with Gasteiger partial charge in [-0.25, -0.2) is 4.79 Å². The summed E-state index contributed by atoms with van der Waals surface area (Å²) in [5.41, 5.74) is 2.34. The maximum Gasteiger partial charge on any atom is 0.340 e. The molecule has 24 heavy (non-hydrogen) atoms. The van der Waals surface area contributed by atoms with Crippen LogP contribution in [0.25, 0.3) is 0 Å². The number of aromatic nitrogens is 1. The van der Waals surface area contributed by atoms with Crippen LogP contribution in [0.15, 0.2) is 60.6 Å². The van der Waals surface area contributed by atoms with Crippen LogP contribution in [0.1, 0.15) is 41.0 Å². The van der Waals surface area contributed by atoms with Crippen LogP contribution < -0.4 is 5.32 Å². The summed E-state index contributed by atoms with van der Waals surface area (Å²) in [7, 11) is 0. The first kappa shape index (κ1) is 17.4. The van der Waals surface area contributed by atoms with E-state index in [1.165, 1.54) is 6.08 Å². The van der Waals surface area contributed by atoms with Gasteiger partial charge in [-0.3, -0.25) is 9.78 Å². The first-order valence-electron chi connectivity index (χ1n) is 7.83. The molecular formula is C19H20N2O3. The van der Waals surface area contributed by atoms with Gasteiger partial charge < -0.3 is 10.1 Å². The lowest BCUT2D eigenvalue weighted by Gasteiger charge is -2.13. The molecule has 0 atom stereocenters. The minimum atomic E-state index is -0.392. The summed E-state index contributed by atoms with van der Waals surface area (Å²) in [5, 5.41) is 3.16. The number of nitrogens with zero attached hydrogens (tertiary/aromatic N) is 1. The number of pyridine rings is 1. The topological polar surface area (TPSA) is 68.3 Å². The van der Waals surface area contributed by atoms with E-state index in [4.69, 9.17) is 4.74 Å². The lowest BCUT2D eigenvalue weighted by molar-refractivity contribution is 0.0527. The molecule has 5 nitrogen and oxygen atoms in total. The number of para-hydroxylation sites is 1. The van der Waals surface area contributed by atoms with Crippen molar-refractivity contribution >= 4 is 17.4 Å². The lowest BCUT2D eigenvalue weighted by Crippen LogP contribution is -2.10. The Kier molecular flexibility index (Phi) is 6.25. The Bertz CT molecular complexity index is 739. The molecule has 0 radical (unpaired) electrons. The third-order valence-electron chi connectivity index (χ3n) is 3.37. The predicted molar refractivity (Wildman–Crippen MR) is 93.0 cm³/mol. The summed E-state index contributed by atoms with van der Waals surface area (Å²) in [4.78, 5) is 28.2. The summed E-state index contributed by atoms with van der Waals surface area (Å²) in [6, 6.07) is 10.4. The SMILES string of the molecule is CCOC(=O)c1ccccc1N/C(=C\C(=O)c1ccncc1)CC. The number of anilines is 1. The zero-order valence-electron chi connectivity index (χ0n) is 13.8. The van der Waals surface area contributed by atoms with Gasteiger partial charge in [0.05, 0.1) is 17.9 Å². The van der Waals surface area contributed by atoms with Gasteiger partial charge in [0.2, 0.25) is 0 Å². The second-order valence-corrected chi connectivity index (χ2v) is 5.01. The van der Waals surface area contributed by atoms with Crippen LogP contribution in [0.4, 0.5) is 5.69 Å². The van der Waals surface area contributed by atoms with Crippen LogP contribution in [0.3, 0.4) is 0 Å². The summed E-state index contributed by atoms with van der Waals surface area (Å²) in [6.07, 6.45) is 5.32. The van der Waals surface area contributed by atoms with Crippen molar-refractivity contribution in [3.05, 3.63) is 71.7 Å². The average Bonchev–Trinajstić information content (AvgIpc) is 2.62. The highest BCUT2D eigenvalue weighted by molar-refractivity contribution is 6.05. The molecule has 5 heteroatoms. The van der Waals surface area contributed by atoms with Crippen molar-refractivity contribution in [2.75, 3.05) is 11.9 Å².